The molecule has 7 heteroatoms. The van der Waals surface area contributed by atoms with Gasteiger partial charge in [-0.15, -0.1) is 0 Å². The average molecular weight is 427 g/mol. The number of ether oxygens (including phenoxy) is 2. The van der Waals surface area contributed by atoms with Crippen molar-refractivity contribution >= 4 is 23.8 Å². The summed E-state index contributed by atoms with van der Waals surface area (Å²) in [6.07, 6.45) is -0.445. The lowest BCUT2D eigenvalue weighted by atomic mass is 9.81. The standard InChI is InChI=1S/C23H26N2O4S/c1-4-25-19-14-20(24-15(2)26)23(3,29-21(19)28-22(25)27)16-10-12-18(13-11-16)30-17-8-6-5-7-9-17/h5-13,19-21H,4,14H2,1-3H3,(H,24,26)/t19-,20+,21+,23+/m1/s1. The maximum atomic E-state index is 12.2. The fourth-order valence-electron chi connectivity index (χ4n) is 4.21. The molecule has 2 aliphatic heterocycles. The molecule has 30 heavy (non-hydrogen) atoms. The summed E-state index contributed by atoms with van der Waals surface area (Å²) < 4.78 is 11.8. The molecule has 6 nitrogen and oxygen atoms in total. The van der Waals surface area contributed by atoms with Gasteiger partial charge in [0.1, 0.15) is 5.60 Å². The van der Waals surface area contributed by atoms with Gasteiger partial charge in [-0.2, -0.15) is 0 Å². The van der Waals surface area contributed by atoms with Crippen LogP contribution in [0, 0.1) is 0 Å². The van der Waals surface area contributed by atoms with Crippen LogP contribution in [-0.2, 0) is 19.9 Å². The largest absolute Gasteiger partial charge is 0.417 e. The average Bonchev–Trinajstić information content (AvgIpc) is 3.02. The summed E-state index contributed by atoms with van der Waals surface area (Å²) in [5.74, 6) is -0.127. The zero-order valence-electron chi connectivity index (χ0n) is 17.3. The fraction of sp³-hybridized carbons (Fsp3) is 0.391. The third kappa shape index (κ3) is 3.91. The first-order chi connectivity index (χ1) is 14.4. The molecule has 0 aromatic heterocycles. The van der Waals surface area contributed by atoms with Crippen LogP contribution in [0.5, 0.6) is 0 Å². The van der Waals surface area contributed by atoms with Crippen LogP contribution < -0.4 is 5.32 Å². The van der Waals surface area contributed by atoms with Gasteiger partial charge in [0.2, 0.25) is 12.2 Å². The predicted molar refractivity (Wildman–Crippen MR) is 114 cm³/mol. The zero-order chi connectivity index (χ0) is 21.3. The van der Waals surface area contributed by atoms with Gasteiger partial charge in [0.25, 0.3) is 0 Å². The highest BCUT2D eigenvalue weighted by Crippen LogP contribution is 2.42. The molecule has 4 rings (SSSR count). The Morgan fingerprint density at radius 2 is 1.83 bits per heavy atom. The maximum absolute atomic E-state index is 12.2. The van der Waals surface area contributed by atoms with Crippen molar-refractivity contribution in [2.24, 2.45) is 0 Å². The van der Waals surface area contributed by atoms with Gasteiger partial charge in [0, 0.05) is 23.3 Å². The molecule has 2 fully saturated rings. The molecule has 0 spiro atoms. The molecule has 158 valence electrons. The van der Waals surface area contributed by atoms with Crippen molar-refractivity contribution in [2.45, 2.75) is 61.0 Å². The van der Waals surface area contributed by atoms with Gasteiger partial charge in [-0.25, -0.2) is 4.79 Å². The van der Waals surface area contributed by atoms with E-state index in [1.807, 2.05) is 44.2 Å². The Kier molecular flexibility index (Phi) is 5.75. The number of carbonyl (C=O) groups excluding carboxylic acids is 2. The maximum Gasteiger partial charge on any atom is 0.412 e. The third-order valence-corrected chi connectivity index (χ3v) is 6.81. The number of likely N-dealkylation sites (N-methyl/N-ethyl adjacent to an activating group) is 1. The van der Waals surface area contributed by atoms with E-state index in [-0.39, 0.29) is 24.1 Å². The van der Waals surface area contributed by atoms with Crippen molar-refractivity contribution < 1.29 is 19.1 Å². The summed E-state index contributed by atoms with van der Waals surface area (Å²) in [4.78, 5) is 28.1. The van der Waals surface area contributed by atoms with Crippen molar-refractivity contribution in [3.63, 3.8) is 0 Å². The second-order valence-corrected chi connectivity index (χ2v) is 8.91. The van der Waals surface area contributed by atoms with Crippen LogP contribution >= 0.6 is 11.8 Å². The highest BCUT2D eigenvalue weighted by molar-refractivity contribution is 7.99. The molecule has 2 saturated heterocycles. The van der Waals surface area contributed by atoms with E-state index in [9.17, 15) is 9.59 Å². The van der Waals surface area contributed by atoms with E-state index in [0.29, 0.717) is 13.0 Å². The quantitative estimate of drug-likeness (QED) is 0.778. The van der Waals surface area contributed by atoms with Gasteiger partial charge in [0.15, 0.2) is 0 Å². The van der Waals surface area contributed by atoms with Crippen LogP contribution in [-0.4, -0.2) is 41.8 Å². The molecule has 2 amide bonds. The molecule has 2 aromatic carbocycles. The molecule has 0 aliphatic carbocycles. The first-order valence-corrected chi connectivity index (χ1v) is 11.0. The van der Waals surface area contributed by atoms with Crippen molar-refractivity contribution in [3.05, 3.63) is 60.2 Å². The molecule has 0 saturated carbocycles. The molecular formula is C23H26N2O4S. The van der Waals surface area contributed by atoms with E-state index in [2.05, 4.69) is 29.6 Å². The smallest absolute Gasteiger partial charge is 0.412 e. The van der Waals surface area contributed by atoms with Crippen molar-refractivity contribution in [3.8, 4) is 0 Å². The van der Waals surface area contributed by atoms with Gasteiger partial charge in [0.05, 0.1) is 12.1 Å². The zero-order valence-corrected chi connectivity index (χ0v) is 18.1. The highest BCUT2D eigenvalue weighted by atomic mass is 32.2. The normalized spacial score (nSPS) is 28.0. The van der Waals surface area contributed by atoms with Crippen LogP contribution in [0.3, 0.4) is 0 Å². The summed E-state index contributed by atoms with van der Waals surface area (Å²) in [5, 5.41) is 3.03. The Bertz CT molecular complexity index is 921. The van der Waals surface area contributed by atoms with Gasteiger partial charge in [-0.3, -0.25) is 9.69 Å². The van der Waals surface area contributed by atoms with Gasteiger partial charge in [-0.05, 0) is 50.1 Å². The molecule has 2 aliphatic rings. The van der Waals surface area contributed by atoms with E-state index in [4.69, 9.17) is 9.47 Å². The van der Waals surface area contributed by atoms with Crippen molar-refractivity contribution in [1.29, 1.82) is 0 Å². The number of amides is 2. The minimum atomic E-state index is -0.813. The number of fused-ring (bicyclic) bond motifs is 1. The molecule has 0 bridgehead atoms. The second-order valence-electron chi connectivity index (χ2n) is 7.76. The summed E-state index contributed by atoms with van der Waals surface area (Å²) in [5.41, 5.74) is 0.121. The molecule has 0 radical (unpaired) electrons. The fourth-order valence-corrected chi connectivity index (χ4v) is 5.05. The van der Waals surface area contributed by atoms with E-state index >= 15 is 0 Å². The SMILES string of the molecule is CCN1C(=O)O[C@H]2O[C@@](C)(c3ccc(Sc4ccccc4)cc3)[C@@H](NC(C)=O)C[C@H]21. The number of carbonyl (C=O) groups is 2. The van der Waals surface area contributed by atoms with E-state index in [0.717, 1.165) is 10.5 Å². The Balaban J connectivity index is 1.60. The lowest BCUT2D eigenvalue weighted by molar-refractivity contribution is -0.220. The number of nitrogens with one attached hydrogen (secondary N) is 1. The topological polar surface area (TPSA) is 67.9 Å². The summed E-state index contributed by atoms with van der Waals surface area (Å²) in [6, 6.07) is 17.8. The first kappa shape index (κ1) is 20.8. The van der Waals surface area contributed by atoms with Gasteiger partial charge < -0.3 is 14.8 Å². The number of rotatable bonds is 5. The van der Waals surface area contributed by atoms with Gasteiger partial charge in [-0.1, -0.05) is 42.1 Å². The van der Waals surface area contributed by atoms with Crippen LogP contribution in [0.25, 0.3) is 0 Å². The summed E-state index contributed by atoms with van der Waals surface area (Å²) >= 11 is 1.69. The molecule has 2 heterocycles. The third-order valence-electron chi connectivity index (χ3n) is 5.79. The van der Waals surface area contributed by atoms with Crippen LogP contribution in [0.1, 0.15) is 32.8 Å². The molecule has 2 aromatic rings. The molecular weight excluding hydrogens is 400 g/mol. The molecule has 1 N–H and O–H groups in total. The highest BCUT2D eigenvalue weighted by Gasteiger charge is 2.54. The van der Waals surface area contributed by atoms with Gasteiger partial charge >= 0.3 is 6.09 Å². The number of hydrogen-bond acceptors (Lipinski definition) is 5. The second kappa shape index (κ2) is 8.32. The lowest BCUT2D eigenvalue weighted by Gasteiger charge is -2.46. The Hall–Kier alpha value is -2.51. The Labute approximate surface area is 180 Å². The number of nitrogens with zero attached hydrogens (tertiary/aromatic N) is 1. The van der Waals surface area contributed by atoms with E-state index in [1.54, 1.807) is 16.7 Å². The molecule has 0 unspecified atom stereocenters. The van der Waals surface area contributed by atoms with E-state index < -0.39 is 11.9 Å². The molecule has 4 atom stereocenters. The summed E-state index contributed by atoms with van der Waals surface area (Å²) in [6.45, 7) is 5.90. The minimum absolute atomic E-state index is 0.127. The number of benzene rings is 2. The van der Waals surface area contributed by atoms with E-state index in [1.165, 1.54) is 11.8 Å². The van der Waals surface area contributed by atoms with Crippen LogP contribution in [0.2, 0.25) is 0 Å². The number of hydrogen-bond donors (Lipinski definition) is 1. The minimum Gasteiger partial charge on any atom is -0.417 e. The lowest BCUT2D eigenvalue weighted by Crippen LogP contribution is -2.60. The predicted octanol–water partition coefficient (Wildman–Crippen LogP) is 4.14. The Morgan fingerprint density at radius 3 is 2.47 bits per heavy atom. The van der Waals surface area contributed by atoms with Crippen LogP contribution in [0.4, 0.5) is 4.79 Å². The summed E-state index contributed by atoms with van der Waals surface area (Å²) in [7, 11) is 0. The van der Waals surface area contributed by atoms with Crippen molar-refractivity contribution in [2.75, 3.05) is 6.54 Å². The van der Waals surface area contributed by atoms with Crippen LogP contribution in [0.15, 0.2) is 64.4 Å². The monoisotopic (exact) mass is 426 g/mol. The first-order valence-electron chi connectivity index (χ1n) is 10.2. The Morgan fingerprint density at radius 1 is 1.17 bits per heavy atom. The van der Waals surface area contributed by atoms with Crippen molar-refractivity contribution in [1.82, 2.24) is 10.2 Å².